The van der Waals surface area contributed by atoms with Crippen molar-refractivity contribution < 1.29 is 4.42 Å². The minimum absolute atomic E-state index is 0.214. The standard InChI is InChI=1S/C18H21N7O/c1-24(2)14-7-5-12(9-19-14)17-22-23-18(26-17)13-6-8-15-20-21-16(11-3-4-11)25(15)10-13/h5,7,9,11,13H,3-4,6,8,10H2,1-2H3. The summed E-state index contributed by atoms with van der Waals surface area (Å²) in [4.78, 5) is 6.37. The fraction of sp³-hybridized carbons (Fsp3) is 0.500. The van der Waals surface area contributed by atoms with Crippen LogP contribution in [0.5, 0.6) is 0 Å². The SMILES string of the molecule is CN(C)c1ccc(-c2nnc(C3CCc4nnc(C5CC5)n4C3)o2)cn1. The van der Waals surface area contributed by atoms with Crippen LogP contribution in [0, 0.1) is 0 Å². The van der Waals surface area contributed by atoms with Gasteiger partial charge in [-0.3, -0.25) is 0 Å². The maximum Gasteiger partial charge on any atom is 0.249 e. The quantitative estimate of drug-likeness (QED) is 0.713. The molecule has 1 saturated carbocycles. The topological polar surface area (TPSA) is 85.8 Å². The molecule has 4 heterocycles. The third kappa shape index (κ3) is 2.65. The summed E-state index contributed by atoms with van der Waals surface area (Å²) >= 11 is 0. The molecule has 0 saturated heterocycles. The van der Waals surface area contributed by atoms with Crippen molar-refractivity contribution in [3.05, 3.63) is 35.9 Å². The summed E-state index contributed by atoms with van der Waals surface area (Å²) in [5.41, 5.74) is 0.841. The molecular weight excluding hydrogens is 330 g/mol. The van der Waals surface area contributed by atoms with Crippen LogP contribution in [0.1, 0.15) is 48.6 Å². The van der Waals surface area contributed by atoms with Crippen LogP contribution < -0.4 is 4.90 Å². The van der Waals surface area contributed by atoms with E-state index < -0.39 is 0 Å². The number of hydrogen-bond acceptors (Lipinski definition) is 7. The lowest BCUT2D eigenvalue weighted by molar-refractivity contribution is 0.367. The van der Waals surface area contributed by atoms with Gasteiger partial charge in [0.2, 0.25) is 11.8 Å². The monoisotopic (exact) mass is 351 g/mol. The van der Waals surface area contributed by atoms with Crippen molar-refractivity contribution in [3.63, 3.8) is 0 Å². The Bertz CT molecular complexity index is 923. The molecule has 0 aromatic carbocycles. The van der Waals surface area contributed by atoms with Crippen LogP contribution in [0.3, 0.4) is 0 Å². The zero-order valence-corrected chi connectivity index (χ0v) is 15.0. The molecule has 1 aliphatic carbocycles. The van der Waals surface area contributed by atoms with Gasteiger partial charge in [-0.15, -0.1) is 20.4 Å². The van der Waals surface area contributed by atoms with Gasteiger partial charge in [0.05, 0.1) is 11.5 Å². The highest BCUT2D eigenvalue weighted by molar-refractivity contribution is 5.54. The average Bonchev–Trinajstić information content (AvgIpc) is 3.23. The first-order valence-electron chi connectivity index (χ1n) is 9.08. The predicted octanol–water partition coefficient (Wildman–Crippen LogP) is 2.40. The summed E-state index contributed by atoms with van der Waals surface area (Å²) < 4.78 is 8.25. The lowest BCUT2D eigenvalue weighted by atomic mass is 9.99. The van der Waals surface area contributed by atoms with E-state index in [0.717, 1.165) is 42.4 Å². The first-order chi connectivity index (χ1) is 12.7. The molecule has 1 atom stereocenters. The van der Waals surface area contributed by atoms with E-state index in [-0.39, 0.29) is 5.92 Å². The predicted molar refractivity (Wildman–Crippen MR) is 94.9 cm³/mol. The van der Waals surface area contributed by atoms with Gasteiger partial charge in [-0.1, -0.05) is 0 Å². The van der Waals surface area contributed by atoms with Crippen LogP contribution in [0.2, 0.25) is 0 Å². The van der Waals surface area contributed by atoms with Crippen LogP contribution in [0.15, 0.2) is 22.7 Å². The number of rotatable bonds is 4. The van der Waals surface area contributed by atoms with E-state index in [1.807, 2.05) is 31.1 Å². The molecule has 3 aromatic heterocycles. The second-order valence-corrected chi connectivity index (χ2v) is 7.34. The van der Waals surface area contributed by atoms with E-state index in [2.05, 4.69) is 29.9 Å². The van der Waals surface area contributed by atoms with Crippen LogP contribution in [-0.4, -0.2) is 44.0 Å². The second kappa shape index (κ2) is 5.89. The molecule has 0 spiro atoms. The van der Waals surface area contributed by atoms with Gasteiger partial charge in [-0.25, -0.2) is 4.98 Å². The van der Waals surface area contributed by atoms with Crippen LogP contribution in [0.25, 0.3) is 11.5 Å². The highest BCUT2D eigenvalue weighted by Crippen LogP contribution is 2.41. The van der Waals surface area contributed by atoms with Gasteiger partial charge in [-0.2, -0.15) is 0 Å². The van der Waals surface area contributed by atoms with Gasteiger partial charge in [0.15, 0.2) is 0 Å². The van der Waals surface area contributed by atoms with Gasteiger partial charge < -0.3 is 13.9 Å². The van der Waals surface area contributed by atoms with Gasteiger partial charge in [0.1, 0.15) is 17.5 Å². The van der Waals surface area contributed by atoms with Crippen LogP contribution >= 0.6 is 0 Å². The minimum Gasteiger partial charge on any atom is -0.420 e. The molecule has 1 unspecified atom stereocenters. The second-order valence-electron chi connectivity index (χ2n) is 7.34. The summed E-state index contributed by atoms with van der Waals surface area (Å²) in [6, 6.07) is 3.91. The number of fused-ring (bicyclic) bond motifs is 1. The Labute approximate surface area is 151 Å². The average molecular weight is 351 g/mol. The number of hydrogen-bond donors (Lipinski definition) is 0. The van der Waals surface area contributed by atoms with Gasteiger partial charge in [0.25, 0.3) is 0 Å². The number of aromatic nitrogens is 6. The lowest BCUT2D eigenvalue weighted by Crippen LogP contribution is -2.20. The molecular formula is C18H21N7O. The zero-order chi connectivity index (χ0) is 17.7. The molecule has 3 aromatic rings. The molecule has 0 N–H and O–H groups in total. The van der Waals surface area contributed by atoms with Crippen LogP contribution in [0.4, 0.5) is 5.82 Å². The fourth-order valence-corrected chi connectivity index (χ4v) is 3.49. The Morgan fingerprint density at radius 1 is 1.04 bits per heavy atom. The Morgan fingerprint density at radius 2 is 1.92 bits per heavy atom. The summed E-state index contributed by atoms with van der Waals surface area (Å²) in [5.74, 6) is 5.14. The molecule has 1 fully saturated rings. The number of aryl methyl sites for hydroxylation is 1. The van der Waals surface area contributed by atoms with E-state index in [0.29, 0.717) is 17.7 Å². The Morgan fingerprint density at radius 3 is 2.65 bits per heavy atom. The van der Waals surface area contributed by atoms with Crippen molar-refractivity contribution >= 4 is 5.82 Å². The zero-order valence-electron chi connectivity index (χ0n) is 15.0. The third-order valence-corrected chi connectivity index (χ3v) is 5.16. The summed E-state index contributed by atoms with van der Waals surface area (Å²) in [6.45, 7) is 0.827. The number of anilines is 1. The summed E-state index contributed by atoms with van der Waals surface area (Å²) in [6.07, 6.45) is 6.09. The first-order valence-corrected chi connectivity index (χ1v) is 9.08. The van der Waals surface area contributed by atoms with E-state index in [9.17, 15) is 0 Å². The number of pyridine rings is 1. The summed E-state index contributed by atoms with van der Waals surface area (Å²) in [5, 5.41) is 17.3. The fourth-order valence-electron chi connectivity index (χ4n) is 3.49. The van der Waals surface area contributed by atoms with Crippen molar-refractivity contribution in [2.45, 2.75) is 44.1 Å². The van der Waals surface area contributed by atoms with Crippen molar-refractivity contribution in [1.29, 1.82) is 0 Å². The maximum absolute atomic E-state index is 5.99. The molecule has 26 heavy (non-hydrogen) atoms. The van der Waals surface area contributed by atoms with Crippen molar-refractivity contribution in [3.8, 4) is 11.5 Å². The number of nitrogens with zero attached hydrogens (tertiary/aromatic N) is 7. The van der Waals surface area contributed by atoms with Crippen molar-refractivity contribution in [1.82, 2.24) is 29.9 Å². The Hall–Kier alpha value is -2.77. The normalized spacial score (nSPS) is 19.4. The Balaban J connectivity index is 1.37. The van der Waals surface area contributed by atoms with Gasteiger partial charge in [-0.05, 0) is 31.4 Å². The molecule has 8 nitrogen and oxygen atoms in total. The molecule has 0 amide bonds. The maximum atomic E-state index is 5.99. The smallest absolute Gasteiger partial charge is 0.249 e. The van der Waals surface area contributed by atoms with Crippen LogP contribution in [-0.2, 0) is 13.0 Å². The molecule has 2 aliphatic rings. The minimum atomic E-state index is 0.214. The molecule has 0 bridgehead atoms. The van der Waals surface area contributed by atoms with E-state index in [1.165, 1.54) is 12.8 Å². The largest absolute Gasteiger partial charge is 0.420 e. The van der Waals surface area contributed by atoms with E-state index in [1.54, 1.807) is 6.20 Å². The molecule has 0 radical (unpaired) electrons. The van der Waals surface area contributed by atoms with Gasteiger partial charge >= 0.3 is 0 Å². The molecule has 1 aliphatic heterocycles. The van der Waals surface area contributed by atoms with E-state index >= 15 is 0 Å². The van der Waals surface area contributed by atoms with E-state index in [4.69, 9.17) is 4.42 Å². The van der Waals surface area contributed by atoms with Crippen molar-refractivity contribution in [2.75, 3.05) is 19.0 Å². The molecule has 5 rings (SSSR count). The van der Waals surface area contributed by atoms with Gasteiger partial charge in [0, 0.05) is 39.2 Å². The third-order valence-electron chi connectivity index (χ3n) is 5.16. The Kier molecular flexibility index (Phi) is 3.51. The summed E-state index contributed by atoms with van der Waals surface area (Å²) in [7, 11) is 3.93. The molecule has 134 valence electrons. The first kappa shape index (κ1) is 15.5. The lowest BCUT2D eigenvalue weighted by Gasteiger charge is -2.21. The highest BCUT2D eigenvalue weighted by Gasteiger charge is 2.34. The molecule has 8 heteroatoms. The van der Waals surface area contributed by atoms with Crippen molar-refractivity contribution in [2.24, 2.45) is 0 Å². The highest BCUT2D eigenvalue weighted by atomic mass is 16.4.